The van der Waals surface area contributed by atoms with Crippen LogP contribution >= 0.6 is 0 Å². The molecule has 2 aromatic carbocycles. The highest BCUT2D eigenvalue weighted by Crippen LogP contribution is 2.27. The first kappa shape index (κ1) is 15.8. The molecule has 5 heteroatoms. The molecule has 5 nitrogen and oxygen atoms in total. The maximum Gasteiger partial charge on any atom is 0.132 e. The Morgan fingerprint density at radius 2 is 1.88 bits per heavy atom. The van der Waals surface area contributed by atoms with Crippen LogP contribution in [0.5, 0.6) is 11.5 Å². The molecule has 0 amide bonds. The third kappa shape index (κ3) is 3.72. The molecule has 1 aliphatic rings. The zero-order chi connectivity index (χ0) is 17.1. The second kappa shape index (κ2) is 7.07. The Morgan fingerprint density at radius 3 is 2.68 bits per heavy atom. The molecule has 0 spiro atoms. The number of rotatable bonds is 5. The van der Waals surface area contributed by atoms with Crippen molar-refractivity contribution < 1.29 is 4.74 Å². The van der Waals surface area contributed by atoms with Crippen LogP contribution in [0.15, 0.2) is 60.8 Å². The highest BCUT2D eigenvalue weighted by atomic mass is 16.5. The minimum absolute atomic E-state index is 0.495. The van der Waals surface area contributed by atoms with Crippen molar-refractivity contribution in [3.8, 4) is 11.5 Å². The summed E-state index contributed by atoms with van der Waals surface area (Å²) in [4.78, 5) is 2.34. The van der Waals surface area contributed by atoms with Gasteiger partial charge in [0.2, 0.25) is 0 Å². The Morgan fingerprint density at radius 1 is 1.08 bits per heavy atom. The van der Waals surface area contributed by atoms with Gasteiger partial charge < -0.3 is 9.64 Å². The average molecular weight is 334 g/mol. The summed E-state index contributed by atoms with van der Waals surface area (Å²) in [6, 6.07) is 17.9. The minimum Gasteiger partial charge on any atom is -0.457 e. The van der Waals surface area contributed by atoms with E-state index in [1.807, 2.05) is 53.2 Å². The standard InChI is InChI=1S/C20H22N4O/c1-23-12-11-16(13-23)19-15-24(22-21-19)14-17-7-5-6-10-20(17)25-18-8-3-2-4-9-18/h2-10,15-16H,11-14H2,1H3. The molecule has 0 bridgehead atoms. The molecule has 1 aliphatic heterocycles. The van der Waals surface area contributed by atoms with Crippen molar-refractivity contribution >= 4 is 0 Å². The molecule has 25 heavy (non-hydrogen) atoms. The number of hydrogen-bond acceptors (Lipinski definition) is 4. The quantitative estimate of drug-likeness (QED) is 0.716. The number of nitrogens with zero attached hydrogens (tertiary/aromatic N) is 4. The first-order chi connectivity index (χ1) is 12.3. The van der Waals surface area contributed by atoms with Crippen LogP contribution in [0.3, 0.4) is 0 Å². The van der Waals surface area contributed by atoms with Crippen LogP contribution < -0.4 is 4.74 Å². The fourth-order valence-electron chi connectivity index (χ4n) is 3.28. The van der Waals surface area contributed by atoms with Crippen LogP contribution in [-0.4, -0.2) is 40.0 Å². The van der Waals surface area contributed by atoms with Crippen LogP contribution in [0.1, 0.15) is 23.6 Å². The largest absolute Gasteiger partial charge is 0.457 e. The molecule has 3 aromatic rings. The third-order valence-corrected chi connectivity index (χ3v) is 4.64. The van der Waals surface area contributed by atoms with Gasteiger partial charge in [-0.3, -0.25) is 0 Å². The summed E-state index contributed by atoms with van der Waals surface area (Å²) in [6.45, 7) is 2.84. The van der Waals surface area contributed by atoms with E-state index in [0.717, 1.165) is 42.3 Å². The zero-order valence-electron chi connectivity index (χ0n) is 14.4. The number of para-hydroxylation sites is 2. The van der Waals surface area contributed by atoms with E-state index in [0.29, 0.717) is 12.5 Å². The van der Waals surface area contributed by atoms with E-state index >= 15 is 0 Å². The fraction of sp³-hybridized carbons (Fsp3) is 0.300. The predicted octanol–water partition coefficient (Wildman–Crippen LogP) is 3.54. The smallest absolute Gasteiger partial charge is 0.132 e. The van der Waals surface area contributed by atoms with E-state index in [1.54, 1.807) is 0 Å². The van der Waals surface area contributed by atoms with Crippen molar-refractivity contribution in [1.82, 2.24) is 19.9 Å². The van der Waals surface area contributed by atoms with Crippen molar-refractivity contribution in [2.45, 2.75) is 18.9 Å². The first-order valence-electron chi connectivity index (χ1n) is 8.67. The van der Waals surface area contributed by atoms with E-state index in [2.05, 4.69) is 34.5 Å². The molecule has 0 saturated carbocycles. The van der Waals surface area contributed by atoms with Gasteiger partial charge in [-0.05, 0) is 38.2 Å². The topological polar surface area (TPSA) is 43.2 Å². The van der Waals surface area contributed by atoms with Gasteiger partial charge in [0.1, 0.15) is 11.5 Å². The van der Waals surface area contributed by atoms with Crippen LogP contribution in [0, 0.1) is 0 Å². The van der Waals surface area contributed by atoms with Crippen molar-refractivity contribution in [1.29, 1.82) is 0 Å². The third-order valence-electron chi connectivity index (χ3n) is 4.64. The molecule has 4 rings (SSSR count). The predicted molar refractivity (Wildman–Crippen MR) is 96.9 cm³/mol. The van der Waals surface area contributed by atoms with Crippen LogP contribution in [0.4, 0.5) is 0 Å². The number of likely N-dealkylation sites (N-methyl/N-ethyl adjacent to an activating group) is 1. The van der Waals surface area contributed by atoms with Gasteiger partial charge in [-0.25, -0.2) is 4.68 Å². The van der Waals surface area contributed by atoms with Gasteiger partial charge in [-0.15, -0.1) is 5.10 Å². The lowest BCUT2D eigenvalue weighted by atomic mass is 10.1. The summed E-state index contributed by atoms with van der Waals surface area (Å²) in [5.74, 6) is 2.18. The van der Waals surface area contributed by atoms with Crippen molar-refractivity contribution in [3.63, 3.8) is 0 Å². The SMILES string of the molecule is CN1CCC(c2cn(Cc3ccccc3Oc3ccccc3)nn2)C1. The molecule has 2 heterocycles. The molecule has 128 valence electrons. The van der Waals surface area contributed by atoms with E-state index in [1.165, 1.54) is 0 Å². The summed E-state index contributed by atoms with van der Waals surface area (Å²) in [6.07, 6.45) is 3.23. The number of hydrogen-bond donors (Lipinski definition) is 0. The Bertz CT molecular complexity index is 830. The van der Waals surface area contributed by atoms with Gasteiger partial charge >= 0.3 is 0 Å². The highest BCUT2D eigenvalue weighted by Gasteiger charge is 2.23. The lowest BCUT2D eigenvalue weighted by molar-refractivity contribution is 0.410. The lowest BCUT2D eigenvalue weighted by Gasteiger charge is -2.11. The van der Waals surface area contributed by atoms with Crippen molar-refractivity contribution in [3.05, 3.63) is 72.1 Å². The Balaban J connectivity index is 1.50. The van der Waals surface area contributed by atoms with Crippen molar-refractivity contribution in [2.75, 3.05) is 20.1 Å². The Hall–Kier alpha value is -2.66. The molecule has 1 fully saturated rings. The monoisotopic (exact) mass is 334 g/mol. The molecule has 0 radical (unpaired) electrons. The molecular weight excluding hydrogens is 312 g/mol. The van der Waals surface area contributed by atoms with Crippen molar-refractivity contribution in [2.24, 2.45) is 0 Å². The second-order valence-electron chi connectivity index (χ2n) is 6.61. The second-order valence-corrected chi connectivity index (χ2v) is 6.61. The van der Waals surface area contributed by atoms with Crippen LogP contribution in [0.2, 0.25) is 0 Å². The summed E-state index contributed by atoms with van der Waals surface area (Å²) < 4.78 is 7.94. The van der Waals surface area contributed by atoms with Gasteiger partial charge in [-0.1, -0.05) is 41.6 Å². The number of likely N-dealkylation sites (tertiary alicyclic amines) is 1. The maximum atomic E-state index is 6.03. The van der Waals surface area contributed by atoms with Crippen LogP contribution in [-0.2, 0) is 6.54 Å². The van der Waals surface area contributed by atoms with E-state index in [-0.39, 0.29) is 0 Å². The average Bonchev–Trinajstić information content (AvgIpc) is 3.26. The molecule has 0 aliphatic carbocycles. The number of benzene rings is 2. The number of ether oxygens (including phenoxy) is 1. The molecule has 1 saturated heterocycles. The van der Waals surface area contributed by atoms with Gasteiger partial charge in [0.15, 0.2) is 0 Å². The maximum absolute atomic E-state index is 6.03. The van der Waals surface area contributed by atoms with E-state index in [4.69, 9.17) is 4.74 Å². The molecule has 1 unspecified atom stereocenters. The minimum atomic E-state index is 0.495. The molecule has 1 atom stereocenters. The number of aromatic nitrogens is 3. The normalized spacial score (nSPS) is 17.7. The summed E-state index contributed by atoms with van der Waals surface area (Å²) >= 11 is 0. The Labute approximate surface area is 147 Å². The molecular formula is C20H22N4O. The van der Waals surface area contributed by atoms with Gasteiger partial charge in [-0.2, -0.15) is 0 Å². The van der Waals surface area contributed by atoms with Gasteiger partial charge in [0.25, 0.3) is 0 Å². The lowest BCUT2D eigenvalue weighted by Crippen LogP contribution is -2.13. The van der Waals surface area contributed by atoms with E-state index in [9.17, 15) is 0 Å². The summed E-state index contributed by atoms with van der Waals surface area (Å²) in [5, 5.41) is 8.71. The fourth-order valence-corrected chi connectivity index (χ4v) is 3.28. The Kier molecular flexibility index (Phi) is 4.48. The van der Waals surface area contributed by atoms with E-state index < -0.39 is 0 Å². The van der Waals surface area contributed by atoms with Gasteiger partial charge in [0, 0.05) is 24.2 Å². The van der Waals surface area contributed by atoms with Gasteiger partial charge in [0.05, 0.1) is 12.2 Å². The molecule has 1 aromatic heterocycles. The molecule has 0 N–H and O–H groups in total. The highest BCUT2D eigenvalue weighted by molar-refractivity contribution is 5.37. The summed E-state index contributed by atoms with van der Waals surface area (Å²) in [5.41, 5.74) is 2.18. The summed E-state index contributed by atoms with van der Waals surface area (Å²) in [7, 11) is 2.15. The zero-order valence-corrected chi connectivity index (χ0v) is 14.4. The van der Waals surface area contributed by atoms with Crippen LogP contribution in [0.25, 0.3) is 0 Å². The first-order valence-corrected chi connectivity index (χ1v) is 8.67.